The third-order valence-corrected chi connectivity index (χ3v) is 16.6. The molecule has 0 radical (unpaired) electrons. The van der Waals surface area contributed by atoms with Gasteiger partial charge in [-0.25, -0.2) is 0 Å². The maximum Gasteiger partial charge on any atom is 0.268 e. The molecule has 0 fully saturated rings. The molecular formula is C67H133N2O6P. The molecule has 0 aliphatic heterocycles. The number of nitrogens with zero attached hydrogens (tertiary/aromatic N) is 1. The molecule has 0 rings (SSSR count). The maximum atomic E-state index is 13.0. The third-order valence-electron chi connectivity index (χ3n) is 15.7. The number of rotatable bonds is 63. The zero-order valence-electron chi connectivity index (χ0n) is 51.7. The summed E-state index contributed by atoms with van der Waals surface area (Å²) >= 11 is 0. The van der Waals surface area contributed by atoms with Crippen molar-refractivity contribution in [1.82, 2.24) is 5.32 Å². The van der Waals surface area contributed by atoms with Crippen molar-refractivity contribution in [3.8, 4) is 0 Å². The Labute approximate surface area is 474 Å². The second-order valence-corrected chi connectivity index (χ2v) is 25.9. The van der Waals surface area contributed by atoms with Gasteiger partial charge in [0.1, 0.15) is 13.2 Å². The van der Waals surface area contributed by atoms with E-state index in [2.05, 4.69) is 31.3 Å². The number of hydrogen-bond donors (Lipinski definition) is 2. The summed E-state index contributed by atoms with van der Waals surface area (Å²) in [7, 11) is 1.28. The molecule has 0 heterocycles. The molecule has 76 heavy (non-hydrogen) atoms. The molecule has 0 saturated carbocycles. The minimum Gasteiger partial charge on any atom is -0.756 e. The van der Waals surface area contributed by atoms with Crippen molar-refractivity contribution in [3.63, 3.8) is 0 Å². The van der Waals surface area contributed by atoms with Crippen LogP contribution in [0.25, 0.3) is 0 Å². The predicted octanol–water partition coefficient (Wildman–Crippen LogP) is 20.5. The first-order chi connectivity index (χ1) is 37.0. The molecule has 9 heteroatoms. The van der Waals surface area contributed by atoms with E-state index in [1.54, 1.807) is 6.08 Å². The van der Waals surface area contributed by atoms with Crippen LogP contribution < -0.4 is 10.2 Å². The lowest BCUT2D eigenvalue weighted by molar-refractivity contribution is -0.870. The zero-order valence-corrected chi connectivity index (χ0v) is 52.6. The lowest BCUT2D eigenvalue weighted by Crippen LogP contribution is -2.45. The van der Waals surface area contributed by atoms with Gasteiger partial charge in [-0.3, -0.25) is 9.36 Å². The highest BCUT2D eigenvalue weighted by Crippen LogP contribution is 2.38. The van der Waals surface area contributed by atoms with Crippen LogP contribution >= 0.6 is 7.82 Å². The van der Waals surface area contributed by atoms with Crippen LogP contribution in [0, 0.1) is 0 Å². The predicted molar refractivity (Wildman–Crippen MR) is 330 cm³/mol. The van der Waals surface area contributed by atoms with Crippen LogP contribution in [0.3, 0.4) is 0 Å². The Morgan fingerprint density at radius 1 is 0.447 bits per heavy atom. The summed E-state index contributed by atoms with van der Waals surface area (Å²) in [5, 5.41) is 13.9. The fraction of sp³-hybridized carbons (Fsp3) is 0.925. The molecule has 0 aromatic rings. The van der Waals surface area contributed by atoms with Crippen LogP contribution in [0.1, 0.15) is 348 Å². The van der Waals surface area contributed by atoms with Crippen LogP contribution in [0.15, 0.2) is 24.3 Å². The molecule has 8 nitrogen and oxygen atoms in total. The van der Waals surface area contributed by atoms with Crippen LogP contribution in [0.4, 0.5) is 0 Å². The van der Waals surface area contributed by atoms with Crippen molar-refractivity contribution < 1.29 is 32.9 Å². The molecule has 0 aromatic heterocycles. The Balaban J connectivity index is 3.80. The number of phosphoric ester groups is 1. The molecule has 0 spiro atoms. The molecule has 0 aliphatic rings. The summed E-state index contributed by atoms with van der Waals surface area (Å²) in [5.41, 5.74) is 0. The van der Waals surface area contributed by atoms with Gasteiger partial charge < -0.3 is 28.8 Å². The van der Waals surface area contributed by atoms with E-state index in [4.69, 9.17) is 9.05 Å². The fourth-order valence-corrected chi connectivity index (χ4v) is 11.1. The highest BCUT2D eigenvalue weighted by atomic mass is 31.2. The van der Waals surface area contributed by atoms with E-state index in [0.29, 0.717) is 17.4 Å². The van der Waals surface area contributed by atoms with E-state index in [-0.39, 0.29) is 19.1 Å². The summed E-state index contributed by atoms with van der Waals surface area (Å²) < 4.78 is 23.3. The Kier molecular flexibility index (Phi) is 57.8. The second kappa shape index (κ2) is 58.6. The Morgan fingerprint density at radius 2 is 0.724 bits per heavy atom. The second-order valence-electron chi connectivity index (χ2n) is 24.5. The number of unbranched alkanes of at least 4 members (excludes halogenated alkanes) is 48. The molecule has 452 valence electrons. The lowest BCUT2D eigenvalue weighted by atomic mass is 10.0. The first kappa shape index (κ1) is 75.0. The van der Waals surface area contributed by atoms with Gasteiger partial charge in [0.05, 0.1) is 39.9 Å². The highest BCUT2D eigenvalue weighted by Gasteiger charge is 2.23. The van der Waals surface area contributed by atoms with Crippen LogP contribution in [-0.4, -0.2) is 68.5 Å². The summed E-state index contributed by atoms with van der Waals surface area (Å²) in [4.78, 5) is 25.5. The van der Waals surface area contributed by atoms with Crippen LogP contribution in [-0.2, 0) is 18.4 Å². The van der Waals surface area contributed by atoms with E-state index in [1.807, 2.05) is 27.2 Å². The van der Waals surface area contributed by atoms with Gasteiger partial charge >= 0.3 is 0 Å². The van der Waals surface area contributed by atoms with Crippen molar-refractivity contribution >= 4 is 13.7 Å². The molecule has 0 saturated heterocycles. The van der Waals surface area contributed by atoms with E-state index < -0.39 is 20.0 Å². The summed E-state index contributed by atoms with van der Waals surface area (Å²) in [6.45, 7) is 4.68. The van der Waals surface area contributed by atoms with E-state index in [9.17, 15) is 19.4 Å². The average molecular weight is 1090 g/mol. The van der Waals surface area contributed by atoms with Gasteiger partial charge in [0.2, 0.25) is 5.91 Å². The number of carbonyl (C=O) groups is 1. The molecule has 1 amide bonds. The number of amides is 1. The number of likely N-dealkylation sites (N-methyl/N-ethyl adjacent to an activating group) is 1. The van der Waals surface area contributed by atoms with Gasteiger partial charge in [0, 0.05) is 6.42 Å². The van der Waals surface area contributed by atoms with Gasteiger partial charge in [-0.2, -0.15) is 0 Å². The van der Waals surface area contributed by atoms with Gasteiger partial charge in [0.25, 0.3) is 7.82 Å². The van der Waals surface area contributed by atoms with E-state index >= 15 is 0 Å². The summed E-state index contributed by atoms with van der Waals surface area (Å²) in [6, 6.07) is -0.882. The molecule has 0 bridgehead atoms. The molecule has 0 aliphatic carbocycles. The van der Waals surface area contributed by atoms with Gasteiger partial charge in [0.15, 0.2) is 0 Å². The van der Waals surface area contributed by atoms with E-state index in [1.165, 1.54) is 289 Å². The molecule has 3 unspecified atom stereocenters. The number of carbonyl (C=O) groups excluding carboxylic acids is 1. The lowest BCUT2D eigenvalue weighted by Gasteiger charge is -2.29. The SMILES string of the molecule is CCCCCCCCCC/C=C\CCCCCCCCCCCCCCCCCCCCCCCCCCCCCCCC(=O)NC(COP(=O)([O-])OCC[N+](C)(C)C)C(O)/C=C/CCCCCCCCCCCCC. The number of allylic oxidation sites excluding steroid dienone is 3. The normalized spacial score (nSPS) is 13.8. The largest absolute Gasteiger partial charge is 0.756 e. The molecule has 0 aromatic carbocycles. The van der Waals surface area contributed by atoms with E-state index in [0.717, 1.165) is 38.5 Å². The molecule has 3 atom stereocenters. The third kappa shape index (κ3) is 60.6. The number of hydrogen-bond acceptors (Lipinski definition) is 6. The monoisotopic (exact) mass is 1090 g/mol. The Bertz CT molecular complexity index is 1290. The molecule has 2 N–H and O–H groups in total. The van der Waals surface area contributed by atoms with Gasteiger partial charge in [-0.15, -0.1) is 0 Å². The average Bonchev–Trinajstić information content (AvgIpc) is 3.38. The van der Waals surface area contributed by atoms with Crippen molar-refractivity contribution in [1.29, 1.82) is 0 Å². The van der Waals surface area contributed by atoms with Crippen molar-refractivity contribution in [3.05, 3.63) is 24.3 Å². The Morgan fingerprint density at radius 3 is 1.03 bits per heavy atom. The van der Waals surface area contributed by atoms with Crippen molar-refractivity contribution in [2.24, 2.45) is 0 Å². The number of nitrogens with one attached hydrogen (secondary N) is 1. The first-order valence-electron chi connectivity index (χ1n) is 33.7. The molecular weight excluding hydrogens is 960 g/mol. The van der Waals surface area contributed by atoms with Gasteiger partial charge in [-0.05, 0) is 44.9 Å². The minimum absolute atomic E-state index is 0.00189. The standard InChI is InChI=1S/C67H133N2O6P/c1-6-8-10-12-14-16-18-20-21-22-23-24-25-26-27-28-29-30-31-32-33-34-35-36-37-38-39-40-41-42-43-44-45-46-47-49-51-53-55-57-59-61-67(71)68-65(64-75-76(72,73)74-63-62-69(3,4)5)66(70)60-58-56-54-52-50-48-19-17-15-13-11-9-7-2/h22-23,58,60,65-66,70H,6-21,24-57,59,61-64H2,1-5H3,(H-,68,71,72,73)/b23-22-,60-58+. The number of quaternary nitrogens is 1. The van der Waals surface area contributed by atoms with Gasteiger partial charge in [-0.1, -0.05) is 321 Å². The van der Waals surface area contributed by atoms with Crippen molar-refractivity contribution in [2.75, 3.05) is 40.9 Å². The maximum absolute atomic E-state index is 13.0. The topological polar surface area (TPSA) is 108 Å². The summed E-state index contributed by atoms with van der Waals surface area (Å²) in [6.07, 6.45) is 76.1. The zero-order chi connectivity index (χ0) is 55.6. The smallest absolute Gasteiger partial charge is 0.268 e. The van der Waals surface area contributed by atoms with Crippen LogP contribution in [0.2, 0.25) is 0 Å². The number of phosphoric acid groups is 1. The Hall–Kier alpha value is -1.02. The highest BCUT2D eigenvalue weighted by molar-refractivity contribution is 7.45. The number of aliphatic hydroxyl groups excluding tert-OH is 1. The number of aliphatic hydroxyl groups is 1. The van der Waals surface area contributed by atoms with Crippen molar-refractivity contribution in [2.45, 2.75) is 360 Å². The minimum atomic E-state index is -4.59. The fourth-order valence-electron chi connectivity index (χ4n) is 10.4. The summed E-state index contributed by atoms with van der Waals surface area (Å²) in [5.74, 6) is -0.191. The quantitative estimate of drug-likeness (QED) is 0.0272. The first-order valence-corrected chi connectivity index (χ1v) is 35.2. The van der Waals surface area contributed by atoms with Crippen LogP contribution in [0.5, 0.6) is 0 Å².